The maximum absolute atomic E-state index is 2.39. The van der Waals surface area contributed by atoms with E-state index in [9.17, 15) is 0 Å². The van der Waals surface area contributed by atoms with Crippen molar-refractivity contribution in [3.8, 4) is 0 Å². The molecule has 0 aromatic heterocycles. The molecule has 29 heavy (non-hydrogen) atoms. The van der Waals surface area contributed by atoms with Gasteiger partial charge in [-0.2, -0.15) is 0 Å². The van der Waals surface area contributed by atoms with Gasteiger partial charge >= 0.3 is 0 Å². The Morgan fingerprint density at radius 1 is 0.724 bits per heavy atom. The zero-order valence-corrected chi connectivity index (χ0v) is 16.8. The molecule has 0 spiro atoms. The van der Waals surface area contributed by atoms with Crippen LogP contribution in [0.1, 0.15) is 48.3 Å². The highest BCUT2D eigenvalue weighted by Gasteiger charge is 2.40. The first-order chi connectivity index (χ1) is 14.3. The van der Waals surface area contributed by atoms with Crippen molar-refractivity contribution in [2.45, 2.75) is 38.0 Å². The van der Waals surface area contributed by atoms with Crippen molar-refractivity contribution in [3.05, 3.63) is 95.6 Å². The van der Waals surface area contributed by atoms with Crippen LogP contribution in [0.3, 0.4) is 0 Å². The first-order valence-electron chi connectivity index (χ1n) is 11.1. The van der Waals surface area contributed by atoms with E-state index in [4.69, 9.17) is 0 Å². The van der Waals surface area contributed by atoms with Gasteiger partial charge in [-0.05, 0) is 96.5 Å². The lowest BCUT2D eigenvalue weighted by atomic mass is 9.83. The largest absolute Gasteiger partial charge is 0.310 e. The number of para-hydroxylation sites is 1. The normalized spacial score (nSPS) is 24.1. The van der Waals surface area contributed by atoms with Crippen molar-refractivity contribution < 1.29 is 0 Å². The lowest BCUT2D eigenvalue weighted by molar-refractivity contribution is 0.420. The minimum absolute atomic E-state index is 0.791. The zero-order chi connectivity index (χ0) is 19.2. The third-order valence-corrected chi connectivity index (χ3v) is 7.35. The molecule has 0 radical (unpaired) electrons. The van der Waals surface area contributed by atoms with Crippen molar-refractivity contribution >= 4 is 23.1 Å². The molecule has 3 aliphatic rings. The van der Waals surface area contributed by atoms with Gasteiger partial charge in [0, 0.05) is 17.1 Å². The third kappa shape index (κ3) is 3.00. The topological polar surface area (TPSA) is 3.24 Å². The van der Waals surface area contributed by atoms with E-state index in [0.29, 0.717) is 0 Å². The molecule has 1 heteroatoms. The zero-order valence-electron chi connectivity index (χ0n) is 16.8. The molecule has 0 saturated heterocycles. The summed E-state index contributed by atoms with van der Waals surface area (Å²) in [6.07, 6.45) is 11.3. The minimum Gasteiger partial charge on any atom is -0.310 e. The molecule has 3 unspecified atom stereocenters. The fourth-order valence-electron chi connectivity index (χ4n) is 5.93. The lowest BCUT2D eigenvalue weighted by Crippen LogP contribution is -2.11. The van der Waals surface area contributed by atoms with E-state index in [1.54, 1.807) is 5.56 Å². The molecule has 2 fully saturated rings. The van der Waals surface area contributed by atoms with Crippen LogP contribution in [0.5, 0.6) is 0 Å². The molecular formula is C28H27N. The van der Waals surface area contributed by atoms with Crippen LogP contribution in [-0.2, 0) is 6.42 Å². The molecule has 1 nitrogen and oxygen atoms in total. The number of hydrogen-bond acceptors (Lipinski definition) is 1. The molecule has 0 heterocycles. The second kappa shape index (κ2) is 6.91. The molecule has 2 bridgehead atoms. The Balaban J connectivity index is 1.37. The van der Waals surface area contributed by atoms with Crippen molar-refractivity contribution in [2.75, 3.05) is 4.90 Å². The van der Waals surface area contributed by atoms with Crippen LogP contribution in [0.4, 0.5) is 17.1 Å². The van der Waals surface area contributed by atoms with E-state index in [0.717, 1.165) is 24.2 Å². The molecule has 6 rings (SSSR count). The number of hydrogen-bond donors (Lipinski definition) is 0. The van der Waals surface area contributed by atoms with Gasteiger partial charge in [0.25, 0.3) is 0 Å². The number of nitrogens with zero attached hydrogens (tertiary/aromatic N) is 1. The number of allylic oxidation sites excluding steroid dienone is 1. The number of benzene rings is 3. The second-order valence-electron chi connectivity index (χ2n) is 9.03. The Labute approximate surface area is 173 Å². The monoisotopic (exact) mass is 377 g/mol. The third-order valence-electron chi connectivity index (χ3n) is 7.35. The first-order valence-corrected chi connectivity index (χ1v) is 11.1. The minimum atomic E-state index is 0.791. The fraction of sp³-hybridized carbons (Fsp3) is 0.286. The van der Waals surface area contributed by atoms with Gasteiger partial charge in [-0.25, -0.2) is 0 Å². The molecular weight excluding hydrogens is 350 g/mol. The van der Waals surface area contributed by atoms with Crippen molar-refractivity contribution in [1.82, 2.24) is 0 Å². The molecule has 0 amide bonds. The molecule has 2 saturated carbocycles. The average Bonchev–Trinajstić information content (AvgIpc) is 3.52. The van der Waals surface area contributed by atoms with Crippen LogP contribution in [0.15, 0.2) is 78.9 Å². The van der Waals surface area contributed by atoms with E-state index in [1.807, 2.05) is 0 Å². The second-order valence-corrected chi connectivity index (χ2v) is 9.03. The number of fused-ring (bicyclic) bond motifs is 3. The van der Waals surface area contributed by atoms with Gasteiger partial charge in [0.2, 0.25) is 0 Å². The summed E-state index contributed by atoms with van der Waals surface area (Å²) in [5, 5.41) is 0. The number of rotatable bonds is 4. The highest BCUT2D eigenvalue weighted by atomic mass is 15.1. The quantitative estimate of drug-likeness (QED) is 0.452. The molecule has 3 aromatic carbocycles. The van der Waals surface area contributed by atoms with Gasteiger partial charge in [0.1, 0.15) is 0 Å². The molecule has 3 aromatic rings. The molecule has 144 valence electrons. The van der Waals surface area contributed by atoms with Gasteiger partial charge < -0.3 is 4.90 Å². The van der Waals surface area contributed by atoms with Gasteiger partial charge in [-0.1, -0.05) is 55.0 Å². The predicted octanol–water partition coefficient (Wildman–Crippen LogP) is 7.63. The van der Waals surface area contributed by atoms with E-state index in [2.05, 4.69) is 89.8 Å². The van der Waals surface area contributed by atoms with Crippen LogP contribution >= 0.6 is 0 Å². The van der Waals surface area contributed by atoms with Crippen molar-refractivity contribution in [2.24, 2.45) is 11.8 Å². The van der Waals surface area contributed by atoms with Crippen LogP contribution in [0, 0.1) is 11.8 Å². The van der Waals surface area contributed by atoms with E-state index >= 15 is 0 Å². The van der Waals surface area contributed by atoms with E-state index in [1.165, 1.54) is 53.9 Å². The average molecular weight is 378 g/mol. The van der Waals surface area contributed by atoms with E-state index < -0.39 is 0 Å². The van der Waals surface area contributed by atoms with Crippen LogP contribution in [0.25, 0.3) is 6.08 Å². The van der Waals surface area contributed by atoms with Crippen LogP contribution in [0.2, 0.25) is 0 Å². The Morgan fingerprint density at radius 3 is 2.28 bits per heavy atom. The predicted molar refractivity (Wildman–Crippen MR) is 122 cm³/mol. The molecule has 3 atom stereocenters. The summed E-state index contributed by atoms with van der Waals surface area (Å²) >= 11 is 0. The molecule has 0 N–H and O–H groups in total. The summed E-state index contributed by atoms with van der Waals surface area (Å²) in [4.78, 5) is 2.39. The fourth-order valence-corrected chi connectivity index (χ4v) is 5.93. The van der Waals surface area contributed by atoms with Crippen LogP contribution < -0.4 is 4.90 Å². The smallest absolute Gasteiger partial charge is 0.0464 e. The van der Waals surface area contributed by atoms with Crippen molar-refractivity contribution in [1.29, 1.82) is 0 Å². The summed E-state index contributed by atoms with van der Waals surface area (Å²) in [5.41, 5.74) is 8.02. The Bertz CT molecular complexity index is 1050. The Kier molecular flexibility index (Phi) is 4.08. The maximum atomic E-state index is 2.39. The summed E-state index contributed by atoms with van der Waals surface area (Å²) in [7, 11) is 0. The van der Waals surface area contributed by atoms with Gasteiger partial charge in [-0.15, -0.1) is 0 Å². The summed E-state index contributed by atoms with van der Waals surface area (Å²) in [6, 6.07) is 27.1. The summed E-state index contributed by atoms with van der Waals surface area (Å²) in [6.45, 7) is 0. The SMILES string of the molecule is C1=Cc2ccc(N(c3ccccc3)c3ccc(C4CC5CCC4C5)cc3)cc2C1. The summed E-state index contributed by atoms with van der Waals surface area (Å²) in [5.74, 6) is 2.71. The lowest BCUT2D eigenvalue weighted by Gasteiger charge is -2.27. The standard InChI is InChI=1S/C28H27N/c1-2-7-25(8-3-1)29(27-16-11-21-5-4-6-23(21)19-27)26-14-12-22(13-15-26)28-18-20-9-10-24(28)17-20/h1-5,7-8,11-16,19-20,24,28H,6,9-10,17-18H2. The maximum Gasteiger partial charge on any atom is 0.0464 e. The van der Waals surface area contributed by atoms with Gasteiger partial charge in [-0.3, -0.25) is 0 Å². The summed E-state index contributed by atoms with van der Waals surface area (Å²) < 4.78 is 0. The first kappa shape index (κ1) is 17.1. The molecule has 3 aliphatic carbocycles. The van der Waals surface area contributed by atoms with Crippen LogP contribution in [-0.4, -0.2) is 0 Å². The highest BCUT2D eigenvalue weighted by molar-refractivity contribution is 5.78. The van der Waals surface area contributed by atoms with Crippen molar-refractivity contribution in [3.63, 3.8) is 0 Å². The molecule has 0 aliphatic heterocycles. The van der Waals surface area contributed by atoms with Gasteiger partial charge in [0.05, 0.1) is 0 Å². The number of anilines is 3. The van der Waals surface area contributed by atoms with Gasteiger partial charge in [0.15, 0.2) is 0 Å². The Hall–Kier alpha value is -2.80. The highest BCUT2D eigenvalue weighted by Crippen LogP contribution is 2.53. The van der Waals surface area contributed by atoms with E-state index in [-0.39, 0.29) is 0 Å². The Morgan fingerprint density at radius 2 is 1.52 bits per heavy atom.